The highest BCUT2D eigenvalue weighted by atomic mass is 19.1. The van der Waals surface area contributed by atoms with Crippen molar-refractivity contribution in [1.82, 2.24) is 15.5 Å². The molecule has 1 aromatic heterocycles. The Morgan fingerprint density at radius 1 is 1.20 bits per heavy atom. The largest absolute Gasteiger partial charge is 0.366 e. The van der Waals surface area contributed by atoms with Crippen molar-refractivity contribution in [1.29, 1.82) is 5.26 Å². The zero-order chi connectivity index (χ0) is 18.2. The van der Waals surface area contributed by atoms with Crippen LogP contribution >= 0.6 is 0 Å². The molecule has 130 valence electrons. The zero-order valence-electron chi connectivity index (χ0n) is 14.3. The number of rotatable bonds is 7. The van der Waals surface area contributed by atoms with Crippen LogP contribution in [0.4, 0.5) is 10.2 Å². The van der Waals surface area contributed by atoms with Crippen LogP contribution in [-0.2, 0) is 12.8 Å². The molecule has 1 heterocycles. The van der Waals surface area contributed by atoms with E-state index in [1.165, 1.54) is 18.2 Å². The molecule has 1 amide bonds. The Morgan fingerprint density at radius 3 is 2.60 bits per heavy atom. The number of aryl methyl sites for hydroxylation is 1. The van der Waals surface area contributed by atoms with Gasteiger partial charge in [-0.2, -0.15) is 10.4 Å². The number of carbonyl (C=O) groups is 1. The molecule has 0 radical (unpaired) electrons. The second kappa shape index (κ2) is 8.73. The fourth-order valence-electron chi connectivity index (χ4n) is 2.51. The first-order valence-electron chi connectivity index (χ1n) is 8.17. The van der Waals surface area contributed by atoms with Gasteiger partial charge in [0.2, 0.25) is 0 Å². The molecule has 2 N–H and O–H groups in total. The first-order valence-corrected chi connectivity index (χ1v) is 8.17. The van der Waals surface area contributed by atoms with Gasteiger partial charge in [0.25, 0.3) is 5.91 Å². The number of anilines is 1. The lowest BCUT2D eigenvalue weighted by Crippen LogP contribution is -2.29. The monoisotopic (exact) mass is 341 g/mol. The summed E-state index contributed by atoms with van der Waals surface area (Å²) >= 11 is 0. The molecule has 6 nitrogen and oxygen atoms in total. The van der Waals surface area contributed by atoms with Gasteiger partial charge in [0.1, 0.15) is 17.4 Å². The number of nitrogens with one attached hydrogen (secondary N) is 2. The topological polar surface area (TPSA) is 90.7 Å². The Labute approximate surface area is 146 Å². The summed E-state index contributed by atoms with van der Waals surface area (Å²) < 4.78 is 13.5. The Kier molecular flexibility index (Phi) is 6.40. The quantitative estimate of drug-likeness (QED) is 0.755. The van der Waals surface area contributed by atoms with Crippen LogP contribution in [0.2, 0.25) is 0 Å². The summed E-state index contributed by atoms with van der Waals surface area (Å²) in [5, 5.41) is 23.2. The average Bonchev–Trinajstić information content (AvgIpc) is 2.64. The number of nitriles is 1. The first kappa shape index (κ1) is 18.3. The van der Waals surface area contributed by atoms with E-state index in [0.717, 1.165) is 11.3 Å². The molecule has 0 aliphatic carbocycles. The molecule has 0 aliphatic rings. The minimum absolute atomic E-state index is 0.000531. The predicted molar refractivity (Wildman–Crippen MR) is 92.7 cm³/mol. The standard InChI is InChI=1S/C18H20FN5O/c1-3-12-14(11-20)17(24-23-16(12)4-2)21-9-10-22-18(25)13-7-5-6-8-15(13)19/h5-8H,3-4,9-10H2,1-2H3,(H,21,24)(H,22,25). The fourth-order valence-corrected chi connectivity index (χ4v) is 2.51. The lowest BCUT2D eigenvalue weighted by Gasteiger charge is -2.12. The Bertz CT molecular complexity index is 801. The summed E-state index contributed by atoms with van der Waals surface area (Å²) in [6.45, 7) is 4.54. The third-order valence-corrected chi connectivity index (χ3v) is 3.78. The SMILES string of the molecule is CCc1nnc(NCCNC(=O)c2ccccc2F)c(C#N)c1CC. The Morgan fingerprint density at radius 2 is 1.96 bits per heavy atom. The molecule has 2 aromatic rings. The number of benzene rings is 1. The van der Waals surface area contributed by atoms with E-state index in [1.807, 2.05) is 13.8 Å². The molecular formula is C18H20FN5O. The number of hydrogen-bond donors (Lipinski definition) is 2. The number of carbonyl (C=O) groups excluding carboxylic acids is 1. The van der Waals surface area contributed by atoms with Crippen LogP contribution in [-0.4, -0.2) is 29.2 Å². The van der Waals surface area contributed by atoms with Gasteiger partial charge in [-0.15, -0.1) is 5.10 Å². The molecule has 0 saturated heterocycles. The minimum atomic E-state index is -0.562. The van der Waals surface area contributed by atoms with Crippen molar-refractivity contribution >= 4 is 11.7 Å². The van der Waals surface area contributed by atoms with Crippen molar-refractivity contribution in [3.63, 3.8) is 0 Å². The second-order valence-corrected chi connectivity index (χ2v) is 5.33. The molecule has 7 heteroatoms. The number of aromatic nitrogens is 2. The third-order valence-electron chi connectivity index (χ3n) is 3.78. The van der Waals surface area contributed by atoms with E-state index < -0.39 is 11.7 Å². The van der Waals surface area contributed by atoms with E-state index in [4.69, 9.17) is 0 Å². The summed E-state index contributed by atoms with van der Waals surface area (Å²) in [6, 6.07) is 7.97. The number of amides is 1. The third kappa shape index (κ3) is 4.29. The van der Waals surface area contributed by atoms with Crippen molar-refractivity contribution in [2.45, 2.75) is 26.7 Å². The molecular weight excluding hydrogens is 321 g/mol. The van der Waals surface area contributed by atoms with Crippen LogP contribution in [0.1, 0.15) is 41.0 Å². The van der Waals surface area contributed by atoms with Gasteiger partial charge in [-0.3, -0.25) is 4.79 Å². The first-order chi connectivity index (χ1) is 12.1. The van der Waals surface area contributed by atoms with Crippen molar-refractivity contribution in [2.75, 3.05) is 18.4 Å². The van der Waals surface area contributed by atoms with Gasteiger partial charge >= 0.3 is 0 Å². The van der Waals surface area contributed by atoms with Crippen LogP contribution in [0.15, 0.2) is 24.3 Å². The van der Waals surface area contributed by atoms with E-state index in [1.54, 1.807) is 6.07 Å². The van der Waals surface area contributed by atoms with Gasteiger partial charge in [0, 0.05) is 13.1 Å². The van der Waals surface area contributed by atoms with Crippen LogP contribution < -0.4 is 10.6 Å². The number of hydrogen-bond acceptors (Lipinski definition) is 5. The second-order valence-electron chi connectivity index (χ2n) is 5.33. The molecule has 0 fully saturated rings. The number of nitrogens with zero attached hydrogens (tertiary/aromatic N) is 3. The van der Waals surface area contributed by atoms with Gasteiger partial charge in [0.05, 0.1) is 11.3 Å². The molecule has 0 saturated carbocycles. The van der Waals surface area contributed by atoms with Crippen molar-refractivity contribution in [3.8, 4) is 6.07 Å². The average molecular weight is 341 g/mol. The van der Waals surface area contributed by atoms with Gasteiger partial charge in [0.15, 0.2) is 5.82 Å². The molecule has 0 atom stereocenters. The van der Waals surface area contributed by atoms with Gasteiger partial charge in [-0.1, -0.05) is 26.0 Å². The highest BCUT2D eigenvalue weighted by Gasteiger charge is 2.14. The summed E-state index contributed by atoms with van der Waals surface area (Å²) in [5.74, 6) is -0.646. The smallest absolute Gasteiger partial charge is 0.254 e. The van der Waals surface area contributed by atoms with E-state index in [-0.39, 0.29) is 12.1 Å². The maximum Gasteiger partial charge on any atom is 0.254 e. The van der Waals surface area contributed by atoms with Gasteiger partial charge in [-0.25, -0.2) is 4.39 Å². The van der Waals surface area contributed by atoms with E-state index in [9.17, 15) is 14.4 Å². The molecule has 0 unspecified atom stereocenters. The van der Waals surface area contributed by atoms with Crippen molar-refractivity contribution in [2.24, 2.45) is 0 Å². The molecule has 1 aromatic carbocycles. The minimum Gasteiger partial charge on any atom is -0.366 e. The summed E-state index contributed by atoms with van der Waals surface area (Å²) in [4.78, 5) is 11.9. The van der Waals surface area contributed by atoms with Crippen LogP contribution in [0, 0.1) is 17.1 Å². The zero-order valence-corrected chi connectivity index (χ0v) is 14.3. The van der Waals surface area contributed by atoms with Crippen molar-refractivity contribution < 1.29 is 9.18 Å². The Balaban J connectivity index is 1.97. The maximum atomic E-state index is 13.5. The number of halogens is 1. The van der Waals surface area contributed by atoms with Crippen LogP contribution in [0.5, 0.6) is 0 Å². The normalized spacial score (nSPS) is 10.2. The fraction of sp³-hybridized carbons (Fsp3) is 0.333. The van der Waals surface area contributed by atoms with Crippen LogP contribution in [0.3, 0.4) is 0 Å². The van der Waals surface area contributed by atoms with Gasteiger partial charge < -0.3 is 10.6 Å². The highest BCUT2D eigenvalue weighted by Crippen LogP contribution is 2.19. The van der Waals surface area contributed by atoms with Crippen molar-refractivity contribution in [3.05, 3.63) is 52.5 Å². The van der Waals surface area contributed by atoms with Gasteiger partial charge in [-0.05, 0) is 30.5 Å². The Hall–Kier alpha value is -3.01. The maximum absolute atomic E-state index is 13.5. The molecule has 25 heavy (non-hydrogen) atoms. The van der Waals surface area contributed by atoms with E-state index >= 15 is 0 Å². The predicted octanol–water partition coefficient (Wildman–Crippen LogP) is 2.45. The lowest BCUT2D eigenvalue weighted by molar-refractivity contribution is 0.0951. The summed E-state index contributed by atoms with van der Waals surface area (Å²) in [7, 11) is 0. The van der Waals surface area contributed by atoms with Crippen LogP contribution in [0.25, 0.3) is 0 Å². The van der Waals surface area contributed by atoms with E-state index in [0.29, 0.717) is 30.8 Å². The highest BCUT2D eigenvalue weighted by molar-refractivity contribution is 5.94. The lowest BCUT2D eigenvalue weighted by atomic mass is 10.0. The molecule has 0 aliphatic heterocycles. The summed E-state index contributed by atoms with van der Waals surface area (Å²) in [5.41, 5.74) is 2.19. The molecule has 2 rings (SSSR count). The summed E-state index contributed by atoms with van der Waals surface area (Å²) in [6.07, 6.45) is 1.41. The molecule has 0 bridgehead atoms. The molecule has 0 spiro atoms. The van der Waals surface area contributed by atoms with E-state index in [2.05, 4.69) is 26.9 Å².